The van der Waals surface area contributed by atoms with Gasteiger partial charge in [-0.3, -0.25) is 4.79 Å². The van der Waals surface area contributed by atoms with E-state index in [1.54, 1.807) is 6.92 Å². The number of rotatable bonds is 5. The molecule has 226 valence electrons. The van der Waals surface area contributed by atoms with E-state index in [-0.39, 0.29) is 36.0 Å². The van der Waals surface area contributed by atoms with Crippen molar-refractivity contribution < 1.29 is 28.8 Å². The summed E-state index contributed by atoms with van der Waals surface area (Å²) in [5.74, 6) is 2.49. The normalized spacial score (nSPS) is 52.1. The first kappa shape index (κ1) is 28.1. The third-order valence-corrected chi connectivity index (χ3v) is 13.9. The molecule has 0 radical (unpaired) electrons. The average molecular weight is 560 g/mol. The van der Waals surface area contributed by atoms with Gasteiger partial charge in [0.1, 0.15) is 0 Å². The Balaban J connectivity index is 1.08. The van der Waals surface area contributed by atoms with Crippen molar-refractivity contribution in [2.45, 2.75) is 136 Å². The van der Waals surface area contributed by atoms with Crippen LogP contribution in [0.15, 0.2) is 0 Å². The van der Waals surface area contributed by atoms with Crippen molar-refractivity contribution in [1.82, 2.24) is 5.32 Å². The van der Waals surface area contributed by atoms with Crippen LogP contribution in [0.1, 0.15) is 98.8 Å². The maximum atomic E-state index is 11.8. The number of aliphatic hydroxyl groups is 1. The summed E-state index contributed by atoms with van der Waals surface area (Å²) in [5, 5.41) is 13.8. The summed E-state index contributed by atoms with van der Waals surface area (Å²) in [5.41, 5.74) is 1.51. The summed E-state index contributed by atoms with van der Waals surface area (Å²) < 4.78 is 24.9. The minimum atomic E-state index is -0.724. The zero-order chi connectivity index (χ0) is 28.1. The van der Waals surface area contributed by atoms with Gasteiger partial charge in [-0.1, -0.05) is 20.8 Å². The monoisotopic (exact) mass is 559 g/mol. The molecule has 0 aromatic rings. The van der Waals surface area contributed by atoms with Gasteiger partial charge in [0.15, 0.2) is 12.4 Å². The Bertz CT molecular complexity index is 995. The summed E-state index contributed by atoms with van der Waals surface area (Å²) in [6, 6.07) is 0. The summed E-state index contributed by atoms with van der Waals surface area (Å²) in [6.07, 6.45) is 11.3. The van der Waals surface area contributed by atoms with Crippen LogP contribution in [0.25, 0.3) is 0 Å². The van der Waals surface area contributed by atoms with Crippen LogP contribution < -0.4 is 5.32 Å². The lowest BCUT2D eigenvalue weighted by atomic mass is 9.46. The molecule has 13 unspecified atom stereocenters. The molecule has 40 heavy (non-hydrogen) atoms. The van der Waals surface area contributed by atoms with Crippen molar-refractivity contribution in [1.29, 1.82) is 0 Å². The molecule has 5 aliphatic carbocycles. The van der Waals surface area contributed by atoms with E-state index in [4.69, 9.17) is 18.9 Å². The number of nitrogens with one attached hydrogen (secondary N) is 1. The molecular weight excluding hydrogens is 506 g/mol. The molecule has 7 heteroatoms. The van der Waals surface area contributed by atoms with E-state index in [0.29, 0.717) is 28.1 Å². The molecule has 0 aromatic heterocycles. The minimum Gasteiger partial charge on any atom is -0.457 e. The lowest BCUT2D eigenvalue weighted by molar-refractivity contribution is -0.232. The van der Waals surface area contributed by atoms with Crippen LogP contribution in [0, 0.1) is 45.3 Å². The number of hydrogen-bond acceptors (Lipinski definition) is 7. The maximum absolute atomic E-state index is 11.8. The molecule has 13 atom stereocenters. The standard InChI is InChI=1S/C33H53NO6/c1-19(35)29(38-20(2)36)24-8-6-22-25(39-24)16-23-21-7-9-26-30(3,4)27(40-28-17-34-14-15-37-28)10-11-33(26)18-32(21,33)13-12-31(22,23)5/h19,21-29,34-35H,6-18H2,1-5H3. The summed E-state index contributed by atoms with van der Waals surface area (Å²) >= 11 is 0. The van der Waals surface area contributed by atoms with Crippen LogP contribution in [0.4, 0.5) is 0 Å². The number of fused-ring (bicyclic) bond motifs is 4. The Kier molecular flexibility index (Phi) is 6.76. The lowest BCUT2D eigenvalue weighted by Crippen LogP contribution is -2.56. The Hall–Kier alpha value is -0.730. The van der Waals surface area contributed by atoms with Gasteiger partial charge in [-0.05, 0) is 116 Å². The zero-order valence-electron chi connectivity index (χ0n) is 25.5. The SMILES string of the molecule is CC(=O)OC(C(C)O)C1CCC2C(CC3C4CCC5C(C)(C)C(OC6CNCCO6)CCC56CC46CCC23C)O1. The highest BCUT2D eigenvalue weighted by Crippen LogP contribution is 2.87. The minimum absolute atomic E-state index is 0.105. The number of ether oxygens (including phenoxy) is 4. The second-order valence-electron chi connectivity index (χ2n) is 15.8. The van der Waals surface area contributed by atoms with Gasteiger partial charge in [-0.25, -0.2) is 0 Å². The van der Waals surface area contributed by atoms with Crippen LogP contribution in [-0.4, -0.2) is 67.6 Å². The van der Waals surface area contributed by atoms with Gasteiger partial charge in [-0.2, -0.15) is 0 Å². The average Bonchev–Trinajstić information content (AvgIpc) is 3.49. The largest absolute Gasteiger partial charge is 0.457 e. The van der Waals surface area contributed by atoms with Gasteiger partial charge in [0.05, 0.1) is 31.0 Å². The van der Waals surface area contributed by atoms with E-state index >= 15 is 0 Å². The van der Waals surface area contributed by atoms with Crippen molar-refractivity contribution in [2.75, 3.05) is 19.7 Å². The molecule has 0 bridgehead atoms. The topological polar surface area (TPSA) is 86.3 Å². The van der Waals surface area contributed by atoms with Crippen LogP contribution in [0.2, 0.25) is 0 Å². The van der Waals surface area contributed by atoms with E-state index in [1.165, 1.54) is 45.4 Å². The molecule has 7 nitrogen and oxygen atoms in total. The number of aliphatic hydroxyl groups excluding tert-OH is 1. The highest BCUT2D eigenvalue weighted by molar-refractivity contribution is 5.66. The fourth-order valence-corrected chi connectivity index (χ4v) is 12.2. The van der Waals surface area contributed by atoms with E-state index in [1.807, 2.05) is 0 Å². The summed E-state index contributed by atoms with van der Waals surface area (Å²) in [4.78, 5) is 11.8. The van der Waals surface area contributed by atoms with Crippen molar-refractivity contribution in [3.05, 3.63) is 0 Å². The van der Waals surface area contributed by atoms with Crippen molar-refractivity contribution in [3.8, 4) is 0 Å². The van der Waals surface area contributed by atoms with E-state index in [9.17, 15) is 9.90 Å². The van der Waals surface area contributed by atoms with Crippen LogP contribution in [0.3, 0.4) is 0 Å². The Labute approximate surface area is 240 Å². The number of carbonyl (C=O) groups excluding carboxylic acids is 1. The van der Waals surface area contributed by atoms with E-state index in [0.717, 1.165) is 57.2 Å². The molecule has 2 heterocycles. The third kappa shape index (κ3) is 3.96. The van der Waals surface area contributed by atoms with Crippen LogP contribution in [0.5, 0.6) is 0 Å². The molecular formula is C33H53NO6. The molecule has 7 aliphatic rings. The van der Waals surface area contributed by atoms with Gasteiger partial charge in [0, 0.05) is 20.0 Å². The molecule has 2 saturated heterocycles. The number of carbonyl (C=O) groups is 1. The van der Waals surface area contributed by atoms with E-state index in [2.05, 4.69) is 26.1 Å². The molecule has 2 spiro atoms. The second kappa shape index (κ2) is 9.64. The summed E-state index contributed by atoms with van der Waals surface area (Å²) in [6.45, 7) is 13.2. The third-order valence-electron chi connectivity index (χ3n) is 13.9. The Morgan fingerprint density at radius 3 is 2.52 bits per heavy atom. The quantitative estimate of drug-likeness (QED) is 0.467. The molecule has 2 aliphatic heterocycles. The first-order chi connectivity index (χ1) is 19.0. The molecule has 7 rings (SSSR count). The van der Waals surface area contributed by atoms with Crippen molar-refractivity contribution in [3.63, 3.8) is 0 Å². The predicted octanol–water partition coefficient (Wildman–Crippen LogP) is 4.84. The predicted molar refractivity (Wildman–Crippen MR) is 150 cm³/mol. The van der Waals surface area contributed by atoms with Gasteiger partial charge < -0.3 is 29.4 Å². The molecule has 0 amide bonds. The molecule has 0 aromatic carbocycles. The molecule has 2 N–H and O–H groups in total. The molecule has 5 saturated carbocycles. The first-order valence-electron chi connectivity index (χ1n) is 16.5. The number of morpholine rings is 1. The smallest absolute Gasteiger partial charge is 0.303 e. The summed E-state index contributed by atoms with van der Waals surface area (Å²) in [7, 11) is 0. The highest BCUT2D eigenvalue weighted by atomic mass is 16.7. The van der Waals surface area contributed by atoms with E-state index < -0.39 is 12.2 Å². The zero-order valence-corrected chi connectivity index (χ0v) is 25.5. The Morgan fingerprint density at radius 2 is 1.80 bits per heavy atom. The first-order valence-corrected chi connectivity index (χ1v) is 16.5. The fraction of sp³-hybridized carbons (Fsp3) is 0.970. The van der Waals surface area contributed by atoms with Gasteiger partial charge in [0.25, 0.3) is 0 Å². The van der Waals surface area contributed by atoms with Crippen LogP contribution in [-0.2, 0) is 23.7 Å². The van der Waals surface area contributed by atoms with Crippen LogP contribution >= 0.6 is 0 Å². The number of hydrogen-bond donors (Lipinski definition) is 2. The second-order valence-corrected chi connectivity index (χ2v) is 15.8. The highest BCUT2D eigenvalue weighted by Gasteiger charge is 2.80. The van der Waals surface area contributed by atoms with Crippen molar-refractivity contribution in [2.24, 2.45) is 45.3 Å². The molecule has 7 fully saturated rings. The van der Waals surface area contributed by atoms with Gasteiger partial charge in [0.2, 0.25) is 0 Å². The van der Waals surface area contributed by atoms with Crippen molar-refractivity contribution >= 4 is 5.97 Å². The Morgan fingerprint density at radius 1 is 1.00 bits per heavy atom. The van der Waals surface area contributed by atoms with Gasteiger partial charge in [-0.15, -0.1) is 0 Å². The maximum Gasteiger partial charge on any atom is 0.303 e. The lowest BCUT2D eigenvalue weighted by Gasteiger charge is -2.60. The fourth-order valence-electron chi connectivity index (χ4n) is 12.2. The van der Waals surface area contributed by atoms with Gasteiger partial charge >= 0.3 is 5.97 Å². The number of esters is 1.